The molecule has 0 aromatic carbocycles. The van der Waals surface area contributed by atoms with Crippen molar-refractivity contribution in [1.82, 2.24) is 4.98 Å². The zero-order valence-corrected chi connectivity index (χ0v) is 7.27. The normalized spacial score (nSPS) is 11.3. The van der Waals surface area contributed by atoms with E-state index in [1.165, 1.54) is 0 Å². The third kappa shape index (κ3) is 2.33. The summed E-state index contributed by atoms with van der Waals surface area (Å²) < 4.78 is 5.06. The van der Waals surface area contributed by atoms with E-state index >= 15 is 0 Å². The zero-order valence-electron chi connectivity index (χ0n) is 7.27. The van der Waals surface area contributed by atoms with Gasteiger partial charge in [-0.2, -0.15) is 0 Å². The number of hydrogen-bond donors (Lipinski definition) is 2. The highest BCUT2D eigenvalue weighted by Gasteiger charge is 2.04. The Bertz CT molecular complexity index is 312. The number of methoxy groups -OCH3 is 1. The summed E-state index contributed by atoms with van der Waals surface area (Å²) in [5.74, 6) is 0.813. The Morgan fingerprint density at radius 3 is 3.15 bits per heavy atom. The Hall–Kier alpha value is -1.78. The molecule has 0 bridgehead atoms. The van der Waals surface area contributed by atoms with Crippen LogP contribution in [-0.4, -0.2) is 23.1 Å². The van der Waals surface area contributed by atoms with E-state index in [-0.39, 0.29) is 5.84 Å². The number of hydrogen-bond acceptors (Lipinski definition) is 4. The van der Waals surface area contributed by atoms with Gasteiger partial charge in [-0.3, -0.25) is 4.98 Å². The molecule has 0 saturated carbocycles. The molecular weight excluding hydrogens is 170 g/mol. The molecule has 5 nitrogen and oxygen atoms in total. The molecule has 0 fully saturated rings. The fourth-order valence-corrected chi connectivity index (χ4v) is 0.977. The largest absolute Gasteiger partial charge is 0.496 e. The lowest BCUT2D eigenvalue weighted by atomic mass is 10.2. The number of oxime groups is 1. The number of nitrogens with zero attached hydrogens (tertiary/aromatic N) is 2. The molecule has 1 heterocycles. The van der Waals surface area contributed by atoms with Crippen LogP contribution in [0.5, 0.6) is 5.75 Å². The molecular formula is C8H11N3O2. The van der Waals surface area contributed by atoms with E-state index < -0.39 is 0 Å². The second-order valence-corrected chi connectivity index (χ2v) is 2.46. The maximum absolute atomic E-state index is 8.36. The molecule has 0 aliphatic heterocycles. The van der Waals surface area contributed by atoms with Crippen molar-refractivity contribution in [2.24, 2.45) is 10.9 Å². The van der Waals surface area contributed by atoms with Gasteiger partial charge in [0.1, 0.15) is 11.6 Å². The second-order valence-electron chi connectivity index (χ2n) is 2.46. The van der Waals surface area contributed by atoms with Crippen LogP contribution >= 0.6 is 0 Å². The Labute approximate surface area is 75.8 Å². The van der Waals surface area contributed by atoms with Gasteiger partial charge in [-0.15, -0.1) is 0 Å². The number of nitrogens with two attached hydrogens (primary N) is 1. The Kier molecular flexibility index (Phi) is 3.08. The van der Waals surface area contributed by atoms with Gasteiger partial charge in [-0.25, -0.2) is 0 Å². The van der Waals surface area contributed by atoms with Gasteiger partial charge in [0.05, 0.1) is 7.11 Å². The smallest absolute Gasteiger partial charge is 0.143 e. The molecule has 70 valence electrons. The number of rotatable bonds is 3. The minimum Gasteiger partial charge on any atom is -0.496 e. The summed E-state index contributed by atoms with van der Waals surface area (Å²) in [4.78, 5) is 3.91. The van der Waals surface area contributed by atoms with Crippen LogP contribution in [0.15, 0.2) is 23.6 Å². The summed E-state index contributed by atoms with van der Waals surface area (Å²) in [6.45, 7) is 0. The molecule has 0 spiro atoms. The first-order chi connectivity index (χ1) is 6.27. The average Bonchev–Trinajstić information content (AvgIpc) is 2.18. The second kappa shape index (κ2) is 4.30. The van der Waals surface area contributed by atoms with Crippen LogP contribution in [-0.2, 0) is 6.42 Å². The van der Waals surface area contributed by atoms with Crippen molar-refractivity contribution in [2.75, 3.05) is 7.11 Å². The molecule has 0 aliphatic rings. The van der Waals surface area contributed by atoms with Crippen LogP contribution in [0.1, 0.15) is 5.56 Å². The molecule has 13 heavy (non-hydrogen) atoms. The van der Waals surface area contributed by atoms with Gasteiger partial charge in [0.25, 0.3) is 0 Å². The zero-order chi connectivity index (χ0) is 9.68. The number of ether oxygens (including phenoxy) is 1. The highest BCUT2D eigenvalue weighted by Crippen LogP contribution is 2.15. The fraction of sp³-hybridized carbons (Fsp3) is 0.250. The quantitative estimate of drug-likeness (QED) is 0.306. The number of amidine groups is 1. The van der Waals surface area contributed by atoms with Crippen LogP contribution in [0, 0.1) is 0 Å². The van der Waals surface area contributed by atoms with Crippen molar-refractivity contribution in [3.8, 4) is 5.75 Å². The van der Waals surface area contributed by atoms with Gasteiger partial charge < -0.3 is 15.7 Å². The maximum Gasteiger partial charge on any atom is 0.143 e. The van der Waals surface area contributed by atoms with Gasteiger partial charge in [0.2, 0.25) is 0 Å². The van der Waals surface area contributed by atoms with Crippen molar-refractivity contribution in [2.45, 2.75) is 6.42 Å². The molecule has 1 aromatic heterocycles. The van der Waals surface area contributed by atoms with Crippen molar-refractivity contribution in [3.63, 3.8) is 0 Å². The summed E-state index contributed by atoms with van der Waals surface area (Å²) in [5.41, 5.74) is 6.14. The van der Waals surface area contributed by atoms with E-state index in [9.17, 15) is 0 Å². The van der Waals surface area contributed by atoms with E-state index in [4.69, 9.17) is 15.7 Å². The minimum absolute atomic E-state index is 0.131. The van der Waals surface area contributed by atoms with Crippen LogP contribution in [0.25, 0.3) is 0 Å². The summed E-state index contributed by atoms with van der Waals surface area (Å²) in [6, 6.07) is 1.72. The Morgan fingerprint density at radius 2 is 2.54 bits per heavy atom. The van der Waals surface area contributed by atoms with Crippen LogP contribution in [0.2, 0.25) is 0 Å². The lowest BCUT2D eigenvalue weighted by Gasteiger charge is -2.05. The fourth-order valence-electron chi connectivity index (χ4n) is 0.977. The van der Waals surface area contributed by atoms with Gasteiger partial charge in [0, 0.05) is 24.4 Å². The van der Waals surface area contributed by atoms with Crippen molar-refractivity contribution in [3.05, 3.63) is 24.0 Å². The van der Waals surface area contributed by atoms with E-state index in [1.807, 2.05) is 0 Å². The third-order valence-electron chi connectivity index (χ3n) is 1.58. The molecule has 0 unspecified atom stereocenters. The lowest BCUT2D eigenvalue weighted by molar-refractivity contribution is 0.317. The van der Waals surface area contributed by atoms with Gasteiger partial charge in [0.15, 0.2) is 0 Å². The number of aromatic nitrogens is 1. The molecule has 5 heteroatoms. The topological polar surface area (TPSA) is 80.7 Å². The third-order valence-corrected chi connectivity index (χ3v) is 1.58. The van der Waals surface area contributed by atoms with Gasteiger partial charge >= 0.3 is 0 Å². The summed E-state index contributed by atoms with van der Waals surface area (Å²) in [7, 11) is 1.56. The van der Waals surface area contributed by atoms with Gasteiger partial charge in [-0.05, 0) is 6.07 Å². The summed E-state index contributed by atoms with van der Waals surface area (Å²) in [6.07, 6.45) is 3.57. The molecule has 0 atom stereocenters. The van der Waals surface area contributed by atoms with E-state index in [0.29, 0.717) is 12.2 Å². The standard InChI is InChI=1S/C8H11N3O2/c1-13-7-2-3-10-5-6(7)4-8(9)11-12/h2-3,5,12H,4H2,1H3,(H2,9,11). The highest BCUT2D eigenvalue weighted by atomic mass is 16.5. The molecule has 3 N–H and O–H groups in total. The first kappa shape index (κ1) is 9.31. The average molecular weight is 181 g/mol. The number of pyridine rings is 1. The van der Waals surface area contributed by atoms with Crippen LogP contribution < -0.4 is 10.5 Å². The first-order valence-electron chi connectivity index (χ1n) is 3.71. The monoisotopic (exact) mass is 181 g/mol. The summed E-state index contributed by atoms with van der Waals surface area (Å²) in [5, 5.41) is 11.2. The summed E-state index contributed by atoms with van der Waals surface area (Å²) >= 11 is 0. The van der Waals surface area contributed by atoms with E-state index in [0.717, 1.165) is 5.56 Å². The van der Waals surface area contributed by atoms with Crippen molar-refractivity contribution >= 4 is 5.84 Å². The maximum atomic E-state index is 8.36. The van der Waals surface area contributed by atoms with Crippen molar-refractivity contribution < 1.29 is 9.94 Å². The minimum atomic E-state index is 0.131. The van der Waals surface area contributed by atoms with Crippen LogP contribution in [0.4, 0.5) is 0 Å². The van der Waals surface area contributed by atoms with Crippen molar-refractivity contribution in [1.29, 1.82) is 0 Å². The van der Waals surface area contributed by atoms with Gasteiger partial charge in [-0.1, -0.05) is 5.16 Å². The lowest BCUT2D eigenvalue weighted by Crippen LogP contribution is -2.15. The SMILES string of the molecule is COc1ccncc1C/C(N)=N/O. The Morgan fingerprint density at radius 1 is 1.77 bits per heavy atom. The predicted octanol–water partition coefficient (Wildman–Crippen LogP) is 0.379. The molecule has 1 rings (SSSR count). The Balaban J connectivity index is 2.87. The van der Waals surface area contributed by atoms with Crippen LogP contribution in [0.3, 0.4) is 0 Å². The highest BCUT2D eigenvalue weighted by molar-refractivity contribution is 5.82. The molecule has 0 radical (unpaired) electrons. The van der Waals surface area contributed by atoms with E-state index in [1.54, 1.807) is 25.6 Å². The predicted molar refractivity (Wildman–Crippen MR) is 47.9 cm³/mol. The molecule has 1 aromatic rings. The molecule has 0 amide bonds. The molecule has 0 saturated heterocycles. The first-order valence-corrected chi connectivity index (χ1v) is 3.71. The van der Waals surface area contributed by atoms with E-state index in [2.05, 4.69) is 10.1 Å². The molecule has 0 aliphatic carbocycles.